The van der Waals surface area contributed by atoms with E-state index < -0.39 is 4.92 Å². The highest BCUT2D eigenvalue weighted by molar-refractivity contribution is 6.32. The van der Waals surface area contributed by atoms with E-state index in [2.05, 4.69) is 11.1 Å². The van der Waals surface area contributed by atoms with Crippen LogP contribution in [0.4, 0.5) is 5.69 Å². The molecule has 0 fully saturated rings. The van der Waals surface area contributed by atoms with Gasteiger partial charge < -0.3 is 0 Å². The summed E-state index contributed by atoms with van der Waals surface area (Å²) in [7, 11) is 0. The summed E-state index contributed by atoms with van der Waals surface area (Å²) in [6.07, 6.45) is 1.79. The molecule has 0 radical (unpaired) electrons. The number of pyridine rings is 1. The Hall–Kier alpha value is -3.50. The normalized spacial score (nSPS) is 10.6. The summed E-state index contributed by atoms with van der Waals surface area (Å²) in [6, 6.07) is 26.7. The summed E-state index contributed by atoms with van der Waals surface area (Å²) in [5.41, 5.74) is 5.11. The van der Waals surface area contributed by atoms with Crippen LogP contribution in [-0.4, -0.2) is 9.91 Å². The van der Waals surface area contributed by atoms with Crippen LogP contribution < -0.4 is 0 Å². The van der Waals surface area contributed by atoms with Gasteiger partial charge in [-0.1, -0.05) is 78.3 Å². The van der Waals surface area contributed by atoms with E-state index in [1.54, 1.807) is 12.3 Å². The number of hydrogen-bond acceptors (Lipinski definition) is 3. The summed E-state index contributed by atoms with van der Waals surface area (Å²) in [6.45, 7) is 0. The molecule has 0 aliphatic heterocycles. The molecule has 4 aromatic rings. The molecule has 3 aromatic carbocycles. The molecule has 0 saturated heterocycles. The van der Waals surface area contributed by atoms with Crippen LogP contribution >= 0.6 is 11.6 Å². The Morgan fingerprint density at radius 3 is 2.04 bits per heavy atom. The number of nitrogens with zero attached hydrogens (tertiary/aromatic N) is 2. The van der Waals surface area contributed by atoms with E-state index in [1.807, 2.05) is 60.7 Å². The first kappa shape index (κ1) is 17.9. The highest BCUT2D eigenvalue weighted by Gasteiger charge is 2.17. The van der Waals surface area contributed by atoms with Gasteiger partial charge in [0.2, 0.25) is 0 Å². The average molecular weight is 387 g/mol. The Labute approximate surface area is 167 Å². The maximum atomic E-state index is 11.3. The molecule has 0 aliphatic carbocycles. The summed E-state index contributed by atoms with van der Waals surface area (Å²) in [4.78, 5) is 15.5. The summed E-state index contributed by atoms with van der Waals surface area (Å²) in [5, 5.41) is 11.4. The zero-order valence-electron chi connectivity index (χ0n) is 14.7. The second-order valence-electron chi connectivity index (χ2n) is 6.28. The molecular weight excluding hydrogens is 372 g/mol. The fourth-order valence-electron chi connectivity index (χ4n) is 3.12. The molecule has 0 saturated carbocycles. The number of aromatic nitrogens is 1. The molecule has 5 heteroatoms. The van der Waals surface area contributed by atoms with Crippen molar-refractivity contribution in [1.29, 1.82) is 0 Å². The van der Waals surface area contributed by atoms with Gasteiger partial charge in [-0.15, -0.1) is 0 Å². The van der Waals surface area contributed by atoms with Crippen molar-refractivity contribution in [2.24, 2.45) is 0 Å². The van der Waals surface area contributed by atoms with Crippen LogP contribution in [0.3, 0.4) is 0 Å². The molecule has 0 N–H and O–H groups in total. The van der Waals surface area contributed by atoms with Crippen molar-refractivity contribution >= 4 is 17.3 Å². The molecular formula is C23H15ClN2O2. The van der Waals surface area contributed by atoms with Gasteiger partial charge in [-0.25, -0.2) is 0 Å². The largest absolute Gasteiger partial charge is 0.288 e. The fraction of sp³-hybridized carbons (Fsp3) is 0. The molecule has 4 rings (SSSR count). The van der Waals surface area contributed by atoms with Gasteiger partial charge >= 0.3 is 0 Å². The number of nitro benzene ring substituents is 1. The maximum Gasteiger partial charge on any atom is 0.288 e. The minimum atomic E-state index is -0.480. The monoisotopic (exact) mass is 386 g/mol. The lowest BCUT2D eigenvalue weighted by Crippen LogP contribution is -1.94. The zero-order valence-corrected chi connectivity index (χ0v) is 15.5. The third-order valence-corrected chi connectivity index (χ3v) is 4.82. The molecule has 0 aliphatic rings. The van der Waals surface area contributed by atoms with E-state index >= 15 is 0 Å². The predicted octanol–water partition coefficient (Wildman–Crippen LogP) is 6.64. The van der Waals surface area contributed by atoms with E-state index in [4.69, 9.17) is 11.6 Å². The van der Waals surface area contributed by atoms with Crippen LogP contribution in [0.25, 0.3) is 33.5 Å². The van der Waals surface area contributed by atoms with E-state index in [9.17, 15) is 10.1 Å². The summed E-state index contributed by atoms with van der Waals surface area (Å²) >= 11 is 5.98. The van der Waals surface area contributed by atoms with Gasteiger partial charge in [0.05, 0.1) is 10.6 Å². The molecule has 1 heterocycles. The number of rotatable bonds is 4. The molecule has 0 bridgehead atoms. The van der Waals surface area contributed by atoms with Crippen molar-refractivity contribution in [3.63, 3.8) is 0 Å². The van der Waals surface area contributed by atoms with Gasteiger partial charge in [0.15, 0.2) is 0 Å². The Morgan fingerprint density at radius 1 is 0.750 bits per heavy atom. The second-order valence-corrected chi connectivity index (χ2v) is 6.68. The van der Waals surface area contributed by atoms with Gasteiger partial charge in [0, 0.05) is 29.0 Å². The van der Waals surface area contributed by atoms with E-state index in [-0.39, 0.29) is 10.7 Å². The number of benzene rings is 3. The van der Waals surface area contributed by atoms with Crippen molar-refractivity contribution in [2.45, 2.75) is 0 Å². The van der Waals surface area contributed by atoms with E-state index in [1.165, 1.54) is 12.1 Å². The van der Waals surface area contributed by atoms with Crippen LogP contribution in [0.5, 0.6) is 0 Å². The van der Waals surface area contributed by atoms with Crippen molar-refractivity contribution < 1.29 is 4.92 Å². The lowest BCUT2D eigenvalue weighted by Gasteiger charge is -2.12. The van der Waals surface area contributed by atoms with Crippen LogP contribution in [0, 0.1) is 10.1 Å². The first-order valence-corrected chi connectivity index (χ1v) is 9.06. The topological polar surface area (TPSA) is 56.0 Å². The molecule has 0 amide bonds. The van der Waals surface area contributed by atoms with Gasteiger partial charge in [-0.05, 0) is 23.3 Å². The Balaban J connectivity index is 1.93. The zero-order chi connectivity index (χ0) is 19.5. The Kier molecular flexibility index (Phi) is 4.87. The first-order chi connectivity index (χ1) is 13.6. The third-order valence-electron chi connectivity index (χ3n) is 4.50. The molecule has 0 unspecified atom stereocenters. The van der Waals surface area contributed by atoms with Crippen LogP contribution in [-0.2, 0) is 0 Å². The summed E-state index contributed by atoms with van der Waals surface area (Å²) < 4.78 is 0. The number of hydrogen-bond donors (Lipinski definition) is 0. The SMILES string of the molecule is O=[N+]([O-])c1cc(-c2ncc(-c3ccccc3)cc2-c2ccccc2)ccc1Cl. The van der Waals surface area contributed by atoms with Crippen LogP contribution in [0.15, 0.2) is 91.1 Å². The molecule has 4 nitrogen and oxygen atoms in total. The van der Waals surface area contributed by atoms with Gasteiger partial charge in [-0.3, -0.25) is 15.1 Å². The van der Waals surface area contributed by atoms with Crippen LogP contribution in [0.2, 0.25) is 5.02 Å². The minimum Gasteiger partial charge on any atom is -0.258 e. The predicted molar refractivity (Wildman–Crippen MR) is 112 cm³/mol. The van der Waals surface area contributed by atoms with Crippen molar-refractivity contribution in [1.82, 2.24) is 4.98 Å². The third kappa shape index (κ3) is 3.50. The second kappa shape index (κ2) is 7.62. The lowest BCUT2D eigenvalue weighted by molar-refractivity contribution is -0.384. The fourth-order valence-corrected chi connectivity index (χ4v) is 3.31. The highest BCUT2D eigenvalue weighted by Crippen LogP contribution is 2.36. The van der Waals surface area contributed by atoms with E-state index in [0.717, 1.165) is 22.3 Å². The molecule has 1 aromatic heterocycles. The first-order valence-electron chi connectivity index (χ1n) is 8.68. The highest BCUT2D eigenvalue weighted by atomic mass is 35.5. The average Bonchev–Trinajstić information content (AvgIpc) is 2.75. The van der Waals surface area contributed by atoms with Crippen molar-refractivity contribution in [3.05, 3.63) is 106 Å². The van der Waals surface area contributed by atoms with Crippen molar-refractivity contribution in [3.8, 4) is 33.5 Å². The number of halogens is 1. The Morgan fingerprint density at radius 2 is 1.39 bits per heavy atom. The molecule has 0 atom stereocenters. The van der Waals surface area contributed by atoms with E-state index in [0.29, 0.717) is 11.3 Å². The van der Waals surface area contributed by atoms with Gasteiger partial charge in [-0.2, -0.15) is 0 Å². The molecule has 28 heavy (non-hydrogen) atoms. The molecule has 0 spiro atoms. The van der Waals surface area contributed by atoms with Gasteiger partial charge in [0.25, 0.3) is 5.69 Å². The summed E-state index contributed by atoms with van der Waals surface area (Å²) in [5.74, 6) is 0. The van der Waals surface area contributed by atoms with Crippen molar-refractivity contribution in [2.75, 3.05) is 0 Å². The minimum absolute atomic E-state index is 0.107. The lowest BCUT2D eigenvalue weighted by atomic mass is 9.96. The molecule has 136 valence electrons. The smallest absolute Gasteiger partial charge is 0.258 e. The Bertz CT molecular complexity index is 1150. The quantitative estimate of drug-likeness (QED) is 0.291. The standard InChI is InChI=1S/C23H15ClN2O2/c24-21-12-11-18(14-22(21)26(27)28)23-20(17-9-5-2-6-10-17)13-19(15-25-23)16-7-3-1-4-8-16/h1-15H. The van der Waals surface area contributed by atoms with Crippen LogP contribution in [0.1, 0.15) is 0 Å². The maximum absolute atomic E-state index is 11.3. The van der Waals surface area contributed by atoms with Gasteiger partial charge in [0.1, 0.15) is 5.02 Å². The number of nitro groups is 1.